The molecular formula is C40H25N5. The van der Waals surface area contributed by atoms with Crippen LogP contribution in [-0.2, 0) is 0 Å². The molecule has 0 spiro atoms. The summed E-state index contributed by atoms with van der Waals surface area (Å²) >= 11 is 0. The average molecular weight is 576 g/mol. The van der Waals surface area contributed by atoms with Crippen molar-refractivity contribution < 1.29 is 0 Å². The third-order valence-corrected chi connectivity index (χ3v) is 8.45. The summed E-state index contributed by atoms with van der Waals surface area (Å²) in [4.78, 5) is 20.3. The summed E-state index contributed by atoms with van der Waals surface area (Å²) in [6.07, 6.45) is 0. The molecule has 7 aromatic carbocycles. The molecule has 0 saturated heterocycles. The molecule has 5 nitrogen and oxygen atoms in total. The van der Waals surface area contributed by atoms with E-state index in [1.807, 2.05) is 71.3 Å². The maximum Gasteiger partial charge on any atom is 0.240 e. The van der Waals surface area contributed by atoms with Gasteiger partial charge < -0.3 is 0 Å². The molecule has 0 amide bonds. The molecule has 9 aromatic rings. The highest BCUT2D eigenvalue weighted by molar-refractivity contribution is 6.25. The summed E-state index contributed by atoms with van der Waals surface area (Å²) in [6.45, 7) is 0. The van der Waals surface area contributed by atoms with Gasteiger partial charge in [-0.2, -0.15) is 9.97 Å². The van der Waals surface area contributed by atoms with E-state index in [4.69, 9.17) is 19.9 Å². The molecule has 45 heavy (non-hydrogen) atoms. The van der Waals surface area contributed by atoms with Crippen molar-refractivity contribution in [2.24, 2.45) is 0 Å². The first-order valence-corrected chi connectivity index (χ1v) is 15.0. The molecule has 0 bridgehead atoms. The van der Waals surface area contributed by atoms with E-state index in [-0.39, 0.29) is 0 Å². The average Bonchev–Trinajstić information content (AvgIpc) is 3.52. The van der Waals surface area contributed by atoms with Gasteiger partial charge in [-0.25, -0.2) is 9.97 Å². The number of para-hydroxylation sites is 2. The van der Waals surface area contributed by atoms with Crippen molar-refractivity contribution in [1.82, 2.24) is 24.5 Å². The second kappa shape index (κ2) is 10.2. The number of hydrogen-bond acceptors (Lipinski definition) is 4. The third kappa shape index (κ3) is 4.17. The van der Waals surface area contributed by atoms with Crippen LogP contribution in [0.5, 0.6) is 0 Å². The number of hydrogen-bond donors (Lipinski definition) is 0. The molecule has 5 heteroatoms. The van der Waals surface area contributed by atoms with Crippen LogP contribution in [0.15, 0.2) is 152 Å². The topological polar surface area (TPSA) is 56.5 Å². The Labute approximate surface area is 259 Å². The minimum absolute atomic E-state index is 0.523. The molecule has 0 N–H and O–H groups in total. The number of rotatable bonds is 4. The number of aromatic nitrogens is 5. The van der Waals surface area contributed by atoms with E-state index in [2.05, 4.69) is 84.9 Å². The Balaban J connectivity index is 1.34. The van der Waals surface area contributed by atoms with E-state index < -0.39 is 0 Å². The number of nitrogens with zero attached hydrogens (tertiary/aromatic N) is 5. The minimum Gasteiger partial charge on any atom is -0.260 e. The second-order valence-electron chi connectivity index (χ2n) is 11.1. The fourth-order valence-corrected chi connectivity index (χ4v) is 6.37. The van der Waals surface area contributed by atoms with Gasteiger partial charge in [-0.3, -0.25) is 4.57 Å². The zero-order valence-electron chi connectivity index (χ0n) is 24.2. The van der Waals surface area contributed by atoms with E-state index in [1.165, 1.54) is 32.3 Å². The number of fused-ring (bicyclic) bond motifs is 7. The first kappa shape index (κ1) is 25.3. The molecule has 9 rings (SSSR count). The maximum atomic E-state index is 5.16. The Morgan fingerprint density at radius 1 is 0.356 bits per heavy atom. The first-order chi connectivity index (χ1) is 22.3. The molecule has 0 atom stereocenters. The second-order valence-corrected chi connectivity index (χ2v) is 11.1. The van der Waals surface area contributed by atoms with Gasteiger partial charge in [0, 0.05) is 16.7 Å². The molecule has 0 fully saturated rings. The van der Waals surface area contributed by atoms with Crippen LogP contribution in [0.25, 0.3) is 83.5 Å². The summed E-state index contributed by atoms with van der Waals surface area (Å²) < 4.78 is 2.05. The normalized spacial score (nSPS) is 11.6. The molecule has 0 aliphatic rings. The lowest BCUT2D eigenvalue weighted by molar-refractivity contribution is 0.930. The van der Waals surface area contributed by atoms with Crippen LogP contribution in [0.4, 0.5) is 0 Å². The molecule has 210 valence electrons. The molecule has 0 saturated carbocycles. The van der Waals surface area contributed by atoms with Crippen molar-refractivity contribution in [1.29, 1.82) is 0 Å². The van der Waals surface area contributed by atoms with Crippen LogP contribution in [-0.4, -0.2) is 24.5 Å². The Morgan fingerprint density at radius 2 is 0.867 bits per heavy atom. The predicted molar refractivity (Wildman–Crippen MR) is 183 cm³/mol. The molecular weight excluding hydrogens is 550 g/mol. The van der Waals surface area contributed by atoms with E-state index in [0.29, 0.717) is 17.6 Å². The molecule has 2 heterocycles. The van der Waals surface area contributed by atoms with E-state index in [9.17, 15) is 0 Å². The van der Waals surface area contributed by atoms with Gasteiger partial charge in [0.05, 0.1) is 11.0 Å². The molecule has 0 aliphatic carbocycles. The standard InChI is InChI=1S/C40H25N5/c1-3-13-26(14-4-1)37-42-38(28-23-24-33-31-19-8-7-17-29(31)30-18-9-10-20-32(30)34(33)25-28)44-40(43-37)45-36-22-12-11-21-35(36)41-39(45)27-15-5-2-6-16-27/h1-25H. The Kier molecular flexibility index (Phi) is 5.74. The fraction of sp³-hybridized carbons (Fsp3) is 0. The van der Waals surface area contributed by atoms with Crippen molar-refractivity contribution >= 4 is 43.4 Å². The van der Waals surface area contributed by atoms with E-state index >= 15 is 0 Å². The SMILES string of the molecule is c1ccc(-c2nc(-c3ccc4c5ccccc5c5ccccc5c4c3)nc(-n3c(-c4ccccc4)nc4ccccc43)n2)cc1. The quantitative estimate of drug-likeness (QED) is 0.196. The van der Waals surface area contributed by atoms with Crippen molar-refractivity contribution in [2.45, 2.75) is 0 Å². The molecule has 2 aromatic heterocycles. The van der Waals surface area contributed by atoms with Gasteiger partial charge >= 0.3 is 0 Å². The summed E-state index contributed by atoms with van der Waals surface area (Å²) in [5.41, 5.74) is 4.65. The highest BCUT2D eigenvalue weighted by atomic mass is 15.2. The maximum absolute atomic E-state index is 5.16. The number of imidazole rings is 1. The zero-order valence-corrected chi connectivity index (χ0v) is 24.2. The Morgan fingerprint density at radius 3 is 1.53 bits per heavy atom. The smallest absolute Gasteiger partial charge is 0.240 e. The number of benzene rings is 7. The van der Waals surface area contributed by atoms with Gasteiger partial charge in [-0.05, 0) is 50.5 Å². The molecule has 0 aliphatic heterocycles. The summed E-state index contributed by atoms with van der Waals surface area (Å²) in [6, 6.07) is 52.2. The lowest BCUT2D eigenvalue weighted by atomic mass is 9.93. The molecule has 0 radical (unpaired) electrons. The van der Waals surface area contributed by atoms with Gasteiger partial charge in [0.1, 0.15) is 5.82 Å². The Bertz CT molecular complexity index is 2500. The monoisotopic (exact) mass is 575 g/mol. The van der Waals surface area contributed by atoms with E-state index in [1.54, 1.807) is 0 Å². The van der Waals surface area contributed by atoms with Crippen LogP contribution in [0, 0.1) is 0 Å². The lowest BCUT2D eigenvalue weighted by Gasteiger charge is -2.13. The predicted octanol–water partition coefficient (Wildman–Crippen LogP) is 9.67. The van der Waals surface area contributed by atoms with Crippen molar-refractivity contribution in [3.8, 4) is 40.1 Å². The van der Waals surface area contributed by atoms with Gasteiger partial charge in [0.15, 0.2) is 11.6 Å². The first-order valence-electron chi connectivity index (χ1n) is 15.0. The van der Waals surface area contributed by atoms with Crippen LogP contribution < -0.4 is 0 Å². The summed E-state index contributed by atoms with van der Waals surface area (Å²) in [7, 11) is 0. The van der Waals surface area contributed by atoms with Gasteiger partial charge in [-0.1, -0.05) is 133 Å². The lowest BCUT2D eigenvalue weighted by Crippen LogP contribution is -2.07. The highest BCUT2D eigenvalue weighted by Crippen LogP contribution is 2.37. The van der Waals surface area contributed by atoms with E-state index in [0.717, 1.165) is 33.5 Å². The van der Waals surface area contributed by atoms with Crippen molar-refractivity contribution in [3.63, 3.8) is 0 Å². The van der Waals surface area contributed by atoms with Crippen LogP contribution in [0.2, 0.25) is 0 Å². The van der Waals surface area contributed by atoms with Gasteiger partial charge in [0.25, 0.3) is 0 Å². The largest absolute Gasteiger partial charge is 0.260 e. The minimum atomic E-state index is 0.523. The Hall–Kier alpha value is -6.20. The van der Waals surface area contributed by atoms with Crippen molar-refractivity contribution in [3.05, 3.63) is 152 Å². The van der Waals surface area contributed by atoms with Gasteiger partial charge in [0.2, 0.25) is 5.95 Å². The molecule has 0 unspecified atom stereocenters. The zero-order chi connectivity index (χ0) is 29.7. The van der Waals surface area contributed by atoms with Crippen LogP contribution in [0.1, 0.15) is 0 Å². The van der Waals surface area contributed by atoms with Gasteiger partial charge in [-0.15, -0.1) is 0 Å². The van der Waals surface area contributed by atoms with Crippen molar-refractivity contribution in [2.75, 3.05) is 0 Å². The fourth-order valence-electron chi connectivity index (χ4n) is 6.37. The summed E-state index contributed by atoms with van der Waals surface area (Å²) in [5.74, 6) is 2.52. The van der Waals surface area contributed by atoms with Crippen LogP contribution >= 0.6 is 0 Å². The summed E-state index contributed by atoms with van der Waals surface area (Å²) in [5, 5.41) is 7.30. The highest BCUT2D eigenvalue weighted by Gasteiger charge is 2.20. The van der Waals surface area contributed by atoms with Crippen LogP contribution in [0.3, 0.4) is 0 Å². The third-order valence-electron chi connectivity index (χ3n) is 8.45.